The van der Waals surface area contributed by atoms with E-state index in [1.54, 1.807) is 12.1 Å². The first-order valence-electron chi connectivity index (χ1n) is 5.15. The Morgan fingerprint density at radius 3 is 2.31 bits per heavy atom. The van der Waals surface area contributed by atoms with Gasteiger partial charge in [0.05, 0.1) is 5.75 Å². The molecular formula is C11H16INO2S. The van der Waals surface area contributed by atoms with Crippen LogP contribution in [0.3, 0.4) is 0 Å². The number of hydrogen-bond donors (Lipinski definition) is 1. The number of benzene rings is 1. The molecule has 5 heteroatoms. The summed E-state index contributed by atoms with van der Waals surface area (Å²) < 4.78 is 27.0. The Bertz CT molecular complexity index is 426. The highest BCUT2D eigenvalue weighted by Crippen LogP contribution is 2.13. The van der Waals surface area contributed by atoms with Gasteiger partial charge in [-0.2, -0.15) is 0 Å². The molecule has 0 amide bonds. The topological polar surface area (TPSA) is 46.2 Å². The maximum absolute atomic E-state index is 11.7. The quantitative estimate of drug-likeness (QED) is 0.827. The van der Waals surface area contributed by atoms with Crippen LogP contribution in [0.5, 0.6) is 0 Å². The normalized spacial score (nSPS) is 11.8. The molecule has 3 nitrogen and oxygen atoms in total. The fourth-order valence-electron chi connectivity index (χ4n) is 1.14. The summed E-state index contributed by atoms with van der Waals surface area (Å²) in [5, 5.41) is 0. The predicted octanol–water partition coefficient (Wildman–Crippen LogP) is 3.08. The molecule has 1 aromatic carbocycles. The Morgan fingerprint density at radius 1 is 1.25 bits per heavy atom. The van der Waals surface area contributed by atoms with Crippen LogP contribution in [0.4, 0.5) is 5.69 Å². The molecule has 0 saturated carbocycles. The highest BCUT2D eigenvalue weighted by molar-refractivity contribution is 14.1. The van der Waals surface area contributed by atoms with E-state index in [1.807, 2.05) is 26.0 Å². The van der Waals surface area contributed by atoms with Crippen LogP contribution in [-0.2, 0) is 10.0 Å². The Labute approximate surface area is 111 Å². The molecule has 16 heavy (non-hydrogen) atoms. The van der Waals surface area contributed by atoms with Crippen LogP contribution in [0, 0.1) is 9.49 Å². The lowest BCUT2D eigenvalue weighted by molar-refractivity contribution is 0.578. The Hall–Kier alpha value is -0.300. The number of halogens is 1. The molecule has 0 aliphatic rings. The van der Waals surface area contributed by atoms with Crippen molar-refractivity contribution in [2.45, 2.75) is 20.3 Å². The molecule has 0 bridgehead atoms. The molecule has 0 fully saturated rings. The molecule has 0 spiro atoms. The van der Waals surface area contributed by atoms with Crippen LogP contribution in [0.15, 0.2) is 24.3 Å². The molecule has 0 saturated heterocycles. The lowest BCUT2D eigenvalue weighted by atomic mass is 10.2. The molecule has 0 aliphatic carbocycles. The van der Waals surface area contributed by atoms with Crippen LogP contribution in [-0.4, -0.2) is 14.2 Å². The standard InChI is InChI=1S/C11H16INO2S/c1-9(2)7-8-16(14,15)13-11-5-3-10(12)4-6-11/h3-6,9,13H,7-8H2,1-2H3. The summed E-state index contributed by atoms with van der Waals surface area (Å²) in [4.78, 5) is 0. The summed E-state index contributed by atoms with van der Waals surface area (Å²) in [5.74, 6) is 0.574. The van der Waals surface area contributed by atoms with Gasteiger partial charge in [0, 0.05) is 9.26 Å². The van der Waals surface area contributed by atoms with Crippen molar-refractivity contribution >= 4 is 38.3 Å². The fourth-order valence-corrected chi connectivity index (χ4v) is 2.88. The second-order valence-electron chi connectivity index (χ2n) is 4.11. The van der Waals surface area contributed by atoms with E-state index in [1.165, 1.54) is 0 Å². The van der Waals surface area contributed by atoms with E-state index in [9.17, 15) is 8.42 Å². The minimum absolute atomic E-state index is 0.177. The lowest BCUT2D eigenvalue weighted by Crippen LogP contribution is -2.17. The van der Waals surface area contributed by atoms with Gasteiger partial charge < -0.3 is 0 Å². The van der Waals surface area contributed by atoms with Gasteiger partial charge in [-0.05, 0) is 59.2 Å². The van der Waals surface area contributed by atoms with Gasteiger partial charge in [0.2, 0.25) is 10.0 Å². The average molecular weight is 353 g/mol. The van der Waals surface area contributed by atoms with Gasteiger partial charge in [-0.15, -0.1) is 0 Å². The van der Waals surface area contributed by atoms with Gasteiger partial charge in [0.1, 0.15) is 0 Å². The zero-order chi connectivity index (χ0) is 12.2. The molecular weight excluding hydrogens is 337 g/mol. The summed E-state index contributed by atoms with van der Waals surface area (Å²) in [6, 6.07) is 7.30. The third-order valence-electron chi connectivity index (χ3n) is 2.08. The van der Waals surface area contributed by atoms with Crippen LogP contribution in [0.1, 0.15) is 20.3 Å². The van der Waals surface area contributed by atoms with E-state index in [0.29, 0.717) is 18.0 Å². The number of nitrogens with one attached hydrogen (secondary N) is 1. The Balaban J connectivity index is 2.62. The van der Waals surface area contributed by atoms with Gasteiger partial charge >= 0.3 is 0 Å². The molecule has 0 atom stereocenters. The van der Waals surface area contributed by atoms with Crippen molar-refractivity contribution in [1.82, 2.24) is 0 Å². The first-order chi connectivity index (χ1) is 7.39. The average Bonchev–Trinajstić information content (AvgIpc) is 2.19. The maximum atomic E-state index is 11.7. The molecule has 0 aliphatic heterocycles. The van der Waals surface area contributed by atoms with E-state index in [-0.39, 0.29) is 5.75 Å². The molecule has 0 radical (unpaired) electrons. The number of sulfonamides is 1. The number of hydrogen-bond acceptors (Lipinski definition) is 2. The predicted molar refractivity (Wildman–Crippen MR) is 76.0 cm³/mol. The van der Waals surface area contributed by atoms with Gasteiger partial charge in [-0.1, -0.05) is 13.8 Å². The third kappa shape index (κ3) is 5.16. The van der Waals surface area contributed by atoms with Crippen molar-refractivity contribution in [3.05, 3.63) is 27.8 Å². The van der Waals surface area contributed by atoms with Gasteiger partial charge in [0.15, 0.2) is 0 Å². The van der Waals surface area contributed by atoms with Gasteiger partial charge in [-0.25, -0.2) is 8.42 Å². The number of rotatable bonds is 5. The van der Waals surface area contributed by atoms with Crippen molar-refractivity contribution in [2.75, 3.05) is 10.5 Å². The fraction of sp³-hybridized carbons (Fsp3) is 0.455. The molecule has 0 heterocycles. The van der Waals surface area contributed by atoms with Crippen LogP contribution in [0.2, 0.25) is 0 Å². The summed E-state index contributed by atoms with van der Waals surface area (Å²) in [6.07, 6.45) is 0.680. The minimum atomic E-state index is -3.19. The molecule has 1 rings (SSSR count). The first-order valence-corrected chi connectivity index (χ1v) is 7.88. The highest BCUT2D eigenvalue weighted by atomic mass is 127. The van der Waals surface area contributed by atoms with Crippen molar-refractivity contribution < 1.29 is 8.42 Å². The van der Waals surface area contributed by atoms with E-state index >= 15 is 0 Å². The zero-order valence-corrected chi connectivity index (χ0v) is 12.4. The van der Waals surface area contributed by atoms with Crippen molar-refractivity contribution in [3.8, 4) is 0 Å². The zero-order valence-electron chi connectivity index (χ0n) is 9.40. The van der Waals surface area contributed by atoms with E-state index < -0.39 is 10.0 Å². The first kappa shape index (κ1) is 13.8. The van der Waals surface area contributed by atoms with E-state index in [2.05, 4.69) is 27.3 Å². The summed E-state index contributed by atoms with van der Waals surface area (Å²) in [5.41, 5.74) is 0.629. The van der Waals surface area contributed by atoms with Crippen LogP contribution < -0.4 is 4.72 Å². The van der Waals surface area contributed by atoms with Gasteiger partial charge in [0.25, 0.3) is 0 Å². The Morgan fingerprint density at radius 2 is 1.81 bits per heavy atom. The maximum Gasteiger partial charge on any atom is 0.232 e. The smallest absolute Gasteiger partial charge is 0.232 e. The third-order valence-corrected chi connectivity index (χ3v) is 4.12. The van der Waals surface area contributed by atoms with Gasteiger partial charge in [-0.3, -0.25) is 4.72 Å². The second kappa shape index (κ2) is 5.86. The van der Waals surface area contributed by atoms with E-state index in [0.717, 1.165) is 3.57 Å². The Kier molecular flexibility index (Phi) is 5.04. The molecule has 1 aromatic rings. The minimum Gasteiger partial charge on any atom is -0.284 e. The van der Waals surface area contributed by atoms with Crippen LogP contribution in [0.25, 0.3) is 0 Å². The summed E-state index contributed by atoms with van der Waals surface area (Å²) >= 11 is 2.18. The summed E-state index contributed by atoms with van der Waals surface area (Å²) in [6.45, 7) is 4.03. The summed E-state index contributed by atoms with van der Waals surface area (Å²) in [7, 11) is -3.19. The van der Waals surface area contributed by atoms with Crippen molar-refractivity contribution in [3.63, 3.8) is 0 Å². The monoisotopic (exact) mass is 353 g/mol. The highest BCUT2D eigenvalue weighted by Gasteiger charge is 2.10. The molecule has 0 unspecified atom stereocenters. The molecule has 90 valence electrons. The van der Waals surface area contributed by atoms with E-state index in [4.69, 9.17) is 0 Å². The molecule has 1 N–H and O–H groups in total. The largest absolute Gasteiger partial charge is 0.284 e. The second-order valence-corrected chi connectivity index (χ2v) is 7.20. The number of anilines is 1. The van der Waals surface area contributed by atoms with Crippen molar-refractivity contribution in [1.29, 1.82) is 0 Å². The van der Waals surface area contributed by atoms with Crippen LogP contribution >= 0.6 is 22.6 Å². The molecule has 0 aromatic heterocycles. The SMILES string of the molecule is CC(C)CCS(=O)(=O)Nc1ccc(I)cc1. The lowest BCUT2D eigenvalue weighted by Gasteiger charge is -2.09. The van der Waals surface area contributed by atoms with Crippen molar-refractivity contribution in [2.24, 2.45) is 5.92 Å².